The zero-order valence-electron chi connectivity index (χ0n) is 9.33. The molecule has 0 bridgehead atoms. The molecule has 2 unspecified atom stereocenters. The summed E-state index contributed by atoms with van der Waals surface area (Å²) in [5.41, 5.74) is 0. The van der Waals surface area contributed by atoms with E-state index in [1.54, 1.807) is 18.3 Å². The van der Waals surface area contributed by atoms with Crippen molar-refractivity contribution in [2.75, 3.05) is 5.75 Å². The molecule has 0 aromatic carbocycles. The van der Waals surface area contributed by atoms with Crippen LogP contribution in [0.3, 0.4) is 0 Å². The molecule has 2 heterocycles. The smallest absolute Gasteiger partial charge is 0.327 e. The van der Waals surface area contributed by atoms with Crippen LogP contribution in [0.25, 0.3) is 0 Å². The average molecular weight is 271 g/mol. The third-order valence-electron chi connectivity index (χ3n) is 2.66. The van der Waals surface area contributed by atoms with E-state index in [1.807, 2.05) is 17.5 Å². The van der Waals surface area contributed by atoms with E-state index in [2.05, 4.69) is 0 Å². The molecule has 0 aliphatic carbocycles. The molecule has 0 radical (unpaired) electrons. The van der Waals surface area contributed by atoms with Gasteiger partial charge in [-0.05, 0) is 11.4 Å². The lowest BCUT2D eigenvalue weighted by atomic mass is 10.2. The maximum absolute atomic E-state index is 11.9. The molecule has 1 aliphatic heterocycles. The van der Waals surface area contributed by atoms with E-state index >= 15 is 0 Å². The molecule has 0 saturated carbocycles. The van der Waals surface area contributed by atoms with Crippen LogP contribution >= 0.6 is 23.1 Å². The molecule has 1 aromatic heterocycles. The van der Waals surface area contributed by atoms with Crippen molar-refractivity contribution in [1.82, 2.24) is 4.90 Å². The van der Waals surface area contributed by atoms with E-state index in [1.165, 1.54) is 16.7 Å². The third kappa shape index (κ3) is 2.32. The summed E-state index contributed by atoms with van der Waals surface area (Å²) in [5.74, 6) is -0.553. The predicted molar refractivity (Wildman–Crippen MR) is 68.1 cm³/mol. The number of thiophene rings is 1. The minimum Gasteiger partial charge on any atom is -0.480 e. The first kappa shape index (κ1) is 12.4. The molecule has 4 nitrogen and oxygen atoms in total. The van der Waals surface area contributed by atoms with Crippen molar-refractivity contribution in [3.8, 4) is 0 Å². The monoisotopic (exact) mass is 271 g/mol. The highest BCUT2D eigenvalue weighted by atomic mass is 32.2. The molecule has 0 spiro atoms. The summed E-state index contributed by atoms with van der Waals surface area (Å²) < 4.78 is 0. The van der Waals surface area contributed by atoms with Crippen LogP contribution < -0.4 is 0 Å². The van der Waals surface area contributed by atoms with Crippen molar-refractivity contribution in [2.45, 2.75) is 24.8 Å². The lowest BCUT2D eigenvalue weighted by molar-refractivity contribution is -0.149. The van der Waals surface area contributed by atoms with E-state index in [0.29, 0.717) is 12.2 Å². The second kappa shape index (κ2) is 5.10. The molecule has 2 atom stereocenters. The fraction of sp³-hybridized carbons (Fsp3) is 0.455. The lowest BCUT2D eigenvalue weighted by Crippen LogP contribution is -2.42. The van der Waals surface area contributed by atoms with E-state index in [9.17, 15) is 9.59 Å². The zero-order chi connectivity index (χ0) is 12.4. The number of carboxylic acid groups (broad SMARTS) is 1. The summed E-state index contributed by atoms with van der Waals surface area (Å²) in [5, 5.41) is 10.9. The molecule has 1 fully saturated rings. The van der Waals surface area contributed by atoms with Crippen molar-refractivity contribution in [2.24, 2.45) is 0 Å². The summed E-state index contributed by atoms with van der Waals surface area (Å²) in [6, 6.07) is 3.17. The standard InChI is InChI=1S/C11H13NO3S2/c1-2-9(13)12-7(11(14)15)6-17-10(12)8-4-3-5-16-8/h3-5,7,10H,2,6H2,1H3,(H,14,15). The number of amides is 1. The number of rotatable bonds is 3. The van der Waals surface area contributed by atoms with E-state index in [0.717, 1.165) is 4.88 Å². The van der Waals surface area contributed by atoms with Gasteiger partial charge in [-0.25, -0.2) is 4.79 Å². The number of thioether (sulfide) groups is 1. The number of hydrogen-bond acceptors (Lipinski definition) is 4. The van der Waals surface area contributed by atoms with Gasteiger partial charge >= 0.3 is 5.97 Å². The maximum atomic E-state index is 11.9. The quantitative estimate of drug-likeness (QED) is 0.915. The van der Waals surface area contributed by atoms with Gasteiger partial charge in [0.15, 0.2) is 0 Å². The molecule has 1 amide bonds. The van der Waals surface area contributed by atoms with Gasteiger partial charge in [0.05, 0.1) is 0 Å². The Morgan fingerprint density at radius 1 is 1.59 bits per heavy atom. The molecule has 6 heteroatoms. The maximum Gasteiger partial charge on any atom is 0.327 e. The van der Waals surface area contributed by atoms with Crippen molar-refractivity contribution >= 4 is 35.0 Å². The van der Waals surface area contributed by atoms with Crippen LogP contribution in [-0.2, 0) is 9.59 Å². The summed E-state index contributed by atoms with van der Waals surface area (Å²) >= 11 is 3.08. The van der Waals surface area contributed by atoms with Crippen LogP contribution in [0.2, 0.25) is 0 Å². The van der Waals surface area contributed by atoms with E-state index < -0.39 is 12.0 Å². The number of carboxylic acids is 1. The SMILES string of the molecule is CCC(=O)N1C(C(=O)O)CSC1c1cccs1. The van der Waals surface area contributed by atoms with Crippen LogP contribution in [0.4, 0.5) is 0 Å². The summed E-state index contributed by atoms with van der Waals surface area (Å²) in [4.78, 5) is 25.6. The van der Waals surface area contributed by atoms with E-state index in [4.69, 9.17) is 5.11 Å². The topological polar surface area (TPSA) is 57.6 Å². The average Bonchev–Trinajstić information content (AvgIpc) is 2.95. The Morgan fingerprint density at radius 3 is 2.88 bits per heavy atom. The summed E-state index contributed by atoms with van der Waals surface area (Å²) in [6.07, 6.45) is 0.339. The summed E-state index contributed by atoms with van der Waals surface area (Å²) in [6.45, 7) is 1.76. The largest absolute Gasteiger partial charge is 0.480 e. The van der Waals surface area contributed by atoms with Gasteiger partial charge in [-0.3, -0.25) is 4.79 Å². The molecular formula is C11H13NO3S2. The molecule has 2 rings (SSSR count). The van der Waals surface area contributed by atoms with Crippen LogP contribution in [-0.4, -0.2) is 33.7 Å². The first-order valence-electron chi connectivity index (χ1n) is 5.34. The lowest BCUT2D eigenvalue weighted by Gasteiger charge is -2.26. The molecule has 1 saturated heterocycles. The Morgan fingerprint density at radius 2 is 2.35 bits per heavy atom. The van der Waals surface area contributed by atoms with Gasteiger partial charge in [-0.15, -0.1) is 23.1 Å². The number of carbonyl (C=O) groups is 2. The van der Waals surface area contributed by atoms with Gasteiger partial charge in [0.1, 0.15) is 11.4 Å². The molecule has 1 aliphatic rings. The van der Waals surface area contributed by atoms with Gasteiger partial charge < -0.3 is 10.0 Å². The van der Waals surface area contributed by atoms with Gasteiger partial charge in [0.25, 0.3) is 0 Å². The fourth-order valence-electron chi connectivity index (χ4n) is 1.83. The highest BCUT2D eigenvalue weighted by Crippen LogP contribution is 2.43. The second-order valence-corrected chi connectivity index (χ2v) is 5.80. The molecular weight excluding hydrogens is 258 g/mol. The van der Waals surface area contributed by atoms with E-state index in [-0.39, 0.29) is 11.3 Å². The van der Waals surface area contributed by atoms with Crippen molar-refractivity contribution in [1.29, 1.82) is 0 Å². The van der Waals surface area contributed by atoms with Gasteiger partial charge in [-0.1, -0.05) is 13.0 Å². The second-order valence-electron chi connectivity index (χ2n) is 3.71. The van der Waals surface area contributed by atoms with Crippen molar-refractivity contribution in [3.05, 3.63) is 22.4 Å². The first-order chi connectivity index (χ1) is 8.15. The zero-order valence-corrected chi connectivity index (χ0v) is 11.0. The number of aliphatic carboxylic acids is 1. The Hall–Kier alpha value is -1.01. The van der Waals surface area contributed by atoms with Gasteiger partial charge in [0, 0.05) is 17.1 Å². The fourth-order valence-corrected chi connectivity index (χ4v) is 4.24. The Kier molecular flexibility index (Phi) is 3.73. The highest BCUT2D eigenvalue weighted by Gasteiger charge is 2.41. The Bertz CT molecular complexity index is 418. The number of nitrogens with zero attached hydrogens (tertiary/aromatic N) is 1. The number of hydrogen-bond donors (Lipinski definition) is 1. The minimum atomic E-state index is -0.918. The summed E-state index contributed by atoms with van der Waals surface area (Å²) in [7, 11) is 0. The van der Waals surface area contributed by atoms with Gasteiger partial charge in [0.2, 0.25) is 5.91 Å². The van der Waals surface area contributed by atoms with Crippen LogP contribution in [0.5, 0.6) is 0 Å². The molecule has 17 heavy (non-hydrogen) atoms. The van der Waals surface area contributed by atoms with Gasteiger partial charge in [-0.2, -0.15) is 0 Å². The normalized spacial score (nSPS) is 23.9. The number of carbonyl (C=O) groups excluding carboxylic acids is 1. The Balaban J connectivity index is 2.28. The predicted octanol–water partition coefficient (Wildman–Crippen LogP) is 2.19. The highest BCUT2D eigenvalue weighted by molar-refractivity contribution is 7.99. The van der Waals surface area contributed by atoms with Crippen LogP contribution in [0, 0.1) is 0 Å². The van der Waals surface area contributed by atoms with Crippen LogP contribution in [0.15, 0.2) is 17.5 Å². The van der Waals surface area contributed by atoms with Crippen molar-refractivity contribution < 1.29 is 14.7 Å². The van der Waals surface area contributed by atoms with Crippen molar-refractivity contribution in [3.63, 3.8) is 0 Å². The molecule has 1 N–H and O–H groups in total. The molecule has 1 aromatic rings. The third-order valence-corrected chi connectivity index (χ3v) is 5.04. The molecule has 92 valence electrons. The minimum absolute atomic E-state index is 0.0965. The Labute approximate surface area is 108 Å². The van der Waals surface area contributed by atoms with Crippen LogP contribution in [0.1, 0.15) is 23.6 Å². The first-order valence-corrected chi connectivity index (χ1v) is 7.27.